The Morgan fingerprint density at radius 3 is 2.67 bits per heavy atom. The molecule has 2 aromatic heterocycles. The van der Waals surface area contributed by atoms with Crippen LogP contribution in [0.3, 0.4) is 0 Å². The number of nitrogens with one attached hydrogen (secondary N) is 1. The van der Waals surface area contributed by atoms with Crippen LogP contribution in [0.25, 0.3) is 10.9 Å². The number of hydrogen-bond acceptors (Lipinski definition) is 3. The normalized spacial score (nSPS) is 10.8. The number of aromatic amines is 1. The number of aromatic nitrogens is 4. The molecule has 4 aromatic rings. The quantitative estimate of drug-likeness (QED) is 0.531. The molecule has 8 heteroatoms. The van der Waals surface area contributed by atoms with Gasteiger partial charge in [-0.05, 0) is 35.9 Å². The summed E-state index contributed by atoms with van der Waals surface area (Å²) in [7, 11) is 1.55. The largest absolute Gasteiger partial charge is 0.348 e. The summed E-state index contributed by atoms with van der Waals surface area (Å²) in [4.78, 5) is 32.7. The summed E-state index contributed by atoms with van der Waals surface area (Å²) in [6, 6.07) is 8.29. The van der Waals surface area contributed by atoms with Crippen LogP contribution in [0, 0.1) is 23.5 Å². The van der Waals surface area contributed by atoms with E-state index in [1.807, 2.05) is 0 Å². The maximum atomic E-state index is 13.5. The van der Waals surface area contributed by atoms with Gasteiger partial charge in [0.05, 0.1) is 23.9 Å². The Morgan fingerprint density at radius 2 is 1.93 bits per heavy atom. The standard InChI is InChI=1S/C22H16F2N4O2/c1-27-19-8-6-14(3-2-4-20-25-9-10-26-20)11-16(19)21(29)28(22(27)30)13-15-5-7-17(23)18(24)12-15/h5-12H,4,13H2,1H3,(H,25,26). The zero-order valence-corrected chi connectivity index (χ0v) is 15.9. The van der Waals surface area contributed by atoms with Crippen molar-refractivity contribution in [1.82, 2.24) is 19.1 Å². The maximum Gasteiger partial charge on any atom is 0.331 e. The van der Waals surface area contributed by atoms with Crippen LogP contribution >= 0.6 is 0 Å². The molecule has 0 atom stereocenters. The molecule has 150 valence electrons. The Labute approximate surface area is 169 Å². The minimum atomic E-state index is -1.03. The van der Waals surface area contributed by atoms with E-state index in [1.165, 1.54) is 10.6 Å². The molecule has 0 fully saturated rings. The highest BCUT2D eigenvalue weighted by Gasteiger charge is 2.13. The number of imidazole rings is 1. The molecule has 0 spiro atoms. The van der Waals surface area contributed by atoms with Gasteiger partial charge in [0.2, 0.25) is 0 Å². The van der Waals surface area contributed by atoms with E-state index in [-0.39, 0.29) is 6.54 Å². The first-order valence-corrected chi connectivity index (χ1v) is 9.08. The molecule has 0 radical (unpaired) electrons. The van der Waals surface area contributed by atoms with E-state index in [0.717, 1.165) is 22.5 Å². The molecule has 0 aliphatic heterocycles. The van der Waals surface area contributed by atoms with Crippen LogP contribution in [0.1, 0.15) is 17.0 Å². The lowest BCUT2D eigenvalue weighted by Gasteiger charge is -2.11. The van der Waals surface area contributed by atoms with Crippen LogP contribution in [0.15, 0.2) is 58.4 Å². The first kappa shape index (κ1) is 19.3. The highest BCUT2D eigenvalue weighted by molar-refractivity contribution is 5.79. The van der Waals surface area contributed by atoms with Gasteiger partial charge in [0.1, 0.15) is 5.82 Å². The summed E-state index contributed by atoms with van der Waals surface area (Å²) in [6.45, 7) is -0.174. The highest BCUT2D eigenvalue weighted by atomic mass is 19.2. The lowest BCUT2D eigenvalue weighted by molar-refractivity contribution is 0.506. The molecule has 1 N–H and O–H groups in total. The molecule has 0 aliphatic carbocycles. The van der Waals surface area contributed by atoms with E-state index < -0.39 is 22.9 Å². The zero-order chi connectivity index (χ0) is 21.3. The highest BCUT2D eigenvalue weighted by Crippen LogP contribution is 2.12. The van der Waals surface area contributed by atoms with Crippen molar-refractivity contribution in [2.24, 2.45) is 7.05 Å². The van der Waals surface area contributed by atoms with Gasteiger partial charge in [-0.2, -0.15) is 0 Å². The average Bonchev–Trinajstić information content (AvgIpc) is 3.25. The Kier molecular flexibility index (Phi) is 5.02. The molecule has 6 nitrogen and oxygen atoms in total. The van der Waals surface area contributed by atoms with Crippen LogP contribution in [0.2, 0.25) is 0 Å². The molecule has 2 aromatic carbocycles. The fourth-order valence-electron chi connectivity index (χ4n) is 3.18. The van der Waals surface area contributed by atoms with Crippen molar-refractivity contribution in [3.05, 3.63) is 98.2 Å². The number of aryl methyl sites for hydroxylation is 1. The van der Waals surface area contributed by atoms with E-state index in [4.69, 9.17) is 0 Å². The maximum absolute atomic E-state index is 13.5. The number of H-pyrrole nitrogens is 1. The van der Waals surface area contributed by atoms with Crippen molar-refractivity contribution >= 4 is 10.9 Å². The third kappa shape index (κ3) is 3.65. The second-order valence-electron chi connectivity index (χ2n) is 6.73. The van der Waals surface area contributed by atoms with Crippen LogP contribution in [-0.4, -0.2) is 19.1 Å². The van der Waals surface area contributed by atoms with Gasteiger partial charge >= 0.3 is 5.69 Å². The molecule has 0 amide bonds. The summed E-state index contributed by atoms with van der Waals surface area (Å²) in [6.07, 6.45) is 3.78. The van der Waals surface area contributed by atoms with Crippen molar-refractivity contribution in [2.45, 2.75) is 13.0 Å². The Morgan fingerprint density at radius 1 is 1.10 bits per heavy atom. The number of nitrogens with zero attached hydrogens (tertiary/aromatic N) is 3. The monoisotopic (exact) mass is 406 g/mol. The predicted molar refractivity (Wildman–Crippen MR) is 108 cm³/mol. The molecule has 4 rings (SSSR count). The minimum absolute atomic E-state index is 0.174. The second-order valence-corrected chi connectivity index (χ2v) is 6.73. The Hall–Kier alpha value is -3.99. The molecule has 30 heavy (non-hydrogen) atoms. The Bertz CT molecular complexity index is 1420. The van der Waals surface area contributed by atoms with Gasteiger partial charge in [0, 0.05) is 25.0 Å². The number of rotatable bonds is 3. The summed E-state index contributed by atoms with van der Waals surface area (Å²) in [5, 5.41) is 0.310. The molecule has 0 aliphatic rings. The summed E-state index contributed by atoms with van der Waals surface area (Å²) in [5.41, 5.74) is 0.315. The van der Waals surface area contributed by atoms with Crippen LogP contribution in [0.5, 0.6) is 0 Å². The van der Waals surface area contributed by atoms with Gasteiger partial charge in [0.15, 0.2) is 11.6 Å². The first-order chi connectivity index (χ1) is 14.4. The van der Waals surface area contributed by atoms with Gasteiger partial charge < -0.3 is 4.98 Å². The molecule has 0 saturated carbocycles. The first-order valence-electron chi connectivity index (χ1n) is 9.08. The summed E-state index contributed by atoms with van der Waals surface area (Å²) in [5.74, 6) is 4.67. The van der Waals surface area contributed by atoms with E-state index in [0.29, 0.717) is 28.5 Å². The van der Waals surface area contributed by atoms with Gasteiger partial charge in [-0.15, -0.1) is 0 Å². The van der Waals surface area contributed by atoms with Gasteiger partial charge in [0.25, 0.3) is 5.56 Å². The molecular formula is C22H16F2N4O2. The lowest BCUT2D eigenvalue weighted by Crippen LogP contribution is -2.39. The average molecular weight is 406 g/mol. The summed E-state index contributed by atoms with van der Waals surface area (Å²) < 4.78 is 29.0. The van der Waals surface area contributed by atoms with Gasteiger partial charge in [-0.1, -0.05) is 17.9 Å². The molecule has 0 saturated heterocycles. The minimum Gasteiger partial charge on any atom is -0.348 e. The van der Waals surface area contributed by atoms with Crippen LogP contribution in [0.4, 0.5) is 8.78 Å². The van der Waals surface area contributed by atoms with E-state index in [2.05, 4.69) is 21.8 Å². The van der Waals surface area contributed by atoms with Gasteiger partial charge in [-0.25, -0.2) is 18.6 Å². The SMILES string of the molecule is Cn1c(=O)n(Cc2ccc(F)c(F)c2)c(=O)c2cc(C#CCc3ncc[nH]3)ccc21. The molecular weight excluding hydrogens is 390 g/mol. The number of benzene rings is 2. The Balaban J connectivity index is 1.76. The number of fused-ring (bicyclic) bond motifs is 1. The zero-order valence-electron chi connectivity index (χ0n) is 15.9. The van der Waals surface area contributed by atoms with Crippen LogP contribution < -0.4 is 11.2 Å². The molecule has 0 bridgehead atoms. The van der Waals surface area contributed by atoms with Crippen molar-refractivity contribution in [2.75, 3.05) is 0 Å². The van der Waals surface area contributed by atoms with Gasteiger partial charge in [-0.3, -0.25) is 13.9 Å². The molecule has 2 heterocycles. The van der Waals surface area contributed by atoms with Crippen molar-refractivity contribution in [3.8, 4) is 11.8 Å². The van der Waals surface area contributed by atoms with Crippen molar-refractivity contribution in [1.29, 1.82) is 0 Å². The lowest BCUT2D eigenvalue weighted by atomic mass is 10.1. The van der Waals surface area contributed by atoms with E-state index in [1.54, 1.807) is 37.6 Å². The third-order valence-corrected chi connectivity index (χ3v) is 4.72. The van der Waals surface area contributed by atoms with Crippen molar-refractivity contribution in [3.63, 3.8) is 0 Å². The van der Waals surface area contributed by atoms with E-state index >= 15 is 0 Å². The smallest absolute Gasteiger partial charge is 0.331 e. The second kappa shape index (κ2) is 7.79. The number of hydrogen-bond donors (Lipinski definition) is 1. The topological polar surface area (TPSA) is 72.7 Å². The van der Waals surface area contributed by atoms with E-state index in [9.17, 15) is 18.4 Å². The summed E-state index contributed by atoms with van der Waals surface area (Å²) >= 11 is 0. The third-order valence-electron chi connectivity index (χ3n) is 4.72. The predicted octanol–water partition coefficient (Wildman–Crippen LogP) is 2.34. The molecule has 0 unspecified atom stereocenters. The van der Waals surface area contributed by atoms with Crippen LogP contribution in [-0.2, 0) is 20.0 Å². The number of halogens is 2. The fraction of sp³-hybridized carbons (Fsp3) is 0.136. The fourth-order valence-corrected chi connectivity index (χ4v) is 3.18. The van der Waals surface area contributed by atoms with Crippen molar-refractivity contribution < 1.29 is 8.78 Å².